The number of allylic oxidation sites excluding steroid dienone is 5. The summed E-state index contributed by atoms with van der Waals surface area (Å²) in [5.74, 6) is -0.392. The molecule has 5 nitrogen and oxygen atoms in total. The average Bonchev–Trinajstić information content (AvgIpc) is 3.19. The standard InChI is InChI=1S/C8H5NO2.C7H13NO.2C6H12.C5H8Br.CH3F.CHIS.K/c10-7-5-3-1-2-4-6(5)8(11)9-7;1-4-5-6(9)8-7(5,2)3;2*1-4-5-6(2)3;1-5(2)3-4-6;1-2;2-1-3;/h1-4H,(H,9,10,11);5H,4H2,1-3H3,(H,8,9);2*5H,4H2,1-3H3;3H,1,4H2,2H3;1H3;1H;/q;;;;+1;;;+1/p-1/t;5-;;;;;;/m.0....../s1/i;;;;;1D;;. The number of thiocarbonyl (C=S) groups is 1. The van der Waals surface area contributed by atoms with E-state index in [0.29, 0.717) is 11.1 Å². The van der Waals surface area contributed by atoms with Crippen LogP contribution in [-0.4, -0.2) is 39.1 Å². The van der Waals surface area contributed by atoms with Crippen LogP contribution in [0.2, 0.25) is 0 Å². The number of alkyl halides is 2. The van der Waals surface area contributed by atoms with Gasteiger partial charge in [-0.25, -0.2) is 0 Å². The Bertz CT molecular complexity index is 997. The zero-order valence-electron chi connectivity index (χ0n) is 29.7. The van der Waals surface area contributed by atoms with Crippen molar-refractivity contribution in [1.29, 1.82) is 0 Å². The minimum absolute atomic E-state index is 0. The van der Waals surface area contributed by atoms with Crippen LogP contribution in [0.15, 0.2) is 59.7 Å². The first-order chi connectivity index (χ1) is 20.5. The molecule has 1 N–H and O–H groups in total. The summed E-state index contributed by atoms with van der Waals surface area (Å²) in [4.78, 5) is 32.5. The Labute approximate surface area is 339 Å². The van der Waals surface area contributed by atoms with Gasteiger partial charge in [0.1, 0.15) is 0 Å². The third-order valence-corrected chi connectivity index (χ3v) is 5.61. The third-order valence-electron chi connectivity index (χ3n) is 5.28. The number of nitrogens with one attached hydrogen (secondary N) is 1. The fourth-order valence-electron chi connectivity index (χ4n) is 3.45. The molecule has 1 aromatic carbocycles. The van der Waals surface area contributed by atoms with Crippen molar-refractivity contribution in [3.8, 4) is 0 Å². The molecule has 1 fully saturated rings. The van der Waals surface area contributed by atoms with Crippen LogP contribution in [0.4, 0.5) is 4.39 Å². The van der Waals surface area contributed by atoms with Crippen LogP contribution in [0.1, 0.15) is 111 Å². The average molecular weight is 836 g/mol. The van der Waals surface area contributed by atoms with Crippen LogP contribution in [-0.2, 0) is 4.79 Å². The van der Waals surface area contributed by atoms with Gasteiger partial charge in [-0.1, -0.05) is 96.5 Å². The van der Waals surface area contributed by atoms with Crippen LogP contribution >= 0.6 is 50.7 Å². The predicted octanol–water partition coefficient (Wildman–Crippen LogP) is 8.13. The van der Waals surface area contributed by atoms with Crippen molar-refractivity contribution in [2.24, 2.45) is 5.92 Å². The van der Waals surface area contributed by atoms with Gasteiger partial charge in [-0.3, -0.25) is 9.18 Å². The summed E-state index contributed by atoms with van der Waals surface area (Å²) in [6.45, 7) is 24.5. The number of imide groups is 1. The Hall–Kier alpha value is -0.214. The number of amides is 3. The van der Waals surface area contributed by atoms with Crippen molar-refractivity contribution in [3.05, 3.63) is 82.6 Å². The van der Waals surface area contributed by atoms with E-state index in [4.69, 9.17) is 1.37 Å². The van der Waals surface area contributed by atoms with Crippen LogP contribution in [0.25, 0.3) is 5.32 Å². The van der Waals surface area contributed by atoms with Gasteiger partial charge in [0.15, 0.2) is 0 Å². The smallest absolute Gasteiger partial charge is 0.587 e. The number of β-lactam (4-membered cyclic amide) rings is 1. The van der Waals surface area contributed by atoms with Crippen molar-refractivity contribution < 1.29 is 71.5 Å². The van der Waals surface area contributed by atoms with Crippen molar-refractivity contribution in [2.45, 2.75) is 94.0 Å². The molecule has 3 amide bonds. The zero-order chi connectivity index (χ0) is 35.3. The Morgan fingerprint density at radius 1 is 1.07 bits per heavy atom. The van der Waals surface area contributed by atoms with E-state index in [-0.39, 0.29) is 68.7 Å². The molecule has 2 aliphatic rings. The number of benzene rings is 1. The molecule has 0 unspecified atom stereocenters. The molecule has 0 radical (unpaired) electrons. The van der Waals surface area contributed by atoms with Crippen LogP contribution < -0.4 is 56.7 Å². The maximum atomic E-state index is 10.9. The van der Waals surface area contributed by atoms with E-state index in [9.17, 15) is 18.8 Å². The van der Waals surface area contributed by atoms with E-state index < -0.39 is 19.0 Å². The summed E-state index contributed by atoms with van der Waals surface area (Å²) in [6, 6.07) is 6.63. The molecule has 10 heteroatoms. The molecule has 0 bridgehead atoms. The van der Waals surface area contributed by atoms with Gasteiger partial charge in [0, 0.05) is 26.6 Å². The van der Waals surface area contributed by atoms with Gasteiger partial charge in [-0.05, 0) is 90.3 Å². The molecule has 0 aliphatic carbocycles. The number of nitrogens with zero attached hydrogens (tertiary/aromatic N) is 1. The first kappa shape index (κ1) is 50.6. The third kappa shape index (κ3) is 29.2. The number of fused-ring (bicyclic) bond motifs is 1. The van der Waals surface area contributed by atoms with Gasteiger partial charge in [0.05, 0.1) is 43.6 Å². The molecular weight excluding hydrogens is 781 g/mol. The summed E-state index contributed by atoms with van der Waals surface area (Å²) < 4.78 is 17.1. The van der Waals surface area contributed by atoms with Gasteiger partial charge >= 0.3 is 51.4 Å². The monoisotopic (exact) mass is 834 g/mol. The Kier molecular flexibility index (Phi) is 39.3. The minimum atomic E-state index is -1.00. The van der Waals surface area contributed by atoms with E-state index in [1.165, 1.54) is 24.0 Å². The molecule has 1 aromatic rings. The SMILES string of the molecule is C=C(C)[CH+]CBr.CCC=C(C)C.CCC=C(C)C.CC[C@H]1C(=O)NC1(C)C.O=C1[N-]C(=O)c2ccccc21.S=CI.[2H]CF.[K+]. The Morgan fingerprint density at radius 2 is 1.43 bits per heavy atom. The Morgan fingerprint density at radius 3 is 1.57 bits per heavy atom. The van der Waals surface area contributed by atoms with Gasteiger partial charge in [-0.2, -0.15) is 0 Å². The van der Waals surface area contributed by atoms with Crippen LogP contribution in [0.5, 0.6) is 0 Å². The molecular formula is C34H53BrFIKN2O3S+. The molecule has 3 rings (SSSR count). The van der Waals surface area contributed by atoms with Crippen molar-refractivity contribution in [1.82, 2.24) is 5.32 Å². The maximum Gasteiger partial charge on any atom is 1.00 e. The largest absolute Gasteiger partial charge is 1.00 e. The fraction of sp³-hybridized carbons (Fsp3) is 0.500. The number of rotatable bonds is 5. The summed E-state index contributed by atoms with van der Waals surface area (Å²) >= 11 is 9.47. The number of hydrogen-bond donors (Lipinski definition) is 1. The molecule has 44 heavy (non-hydrogen) atoms. The number of carbonyl (C=O) groups is 3. The summed E-state index contributed by atoms with van der Waals surface area (Å²) in [5.41, 5.74) is 4.84. The molecule has 244 valence electrons. The van der Waals surface area contributed by atoms with E-state index in [0.717, 1.165) is 17.3 Å². The second kappa shape index (κ2) is 34.1. The number of carbonyl (C=O) groups excluding carboxylic acids is 3. The van der Waals surface area contributed by atoms with E-state index in [1.54, 1.807) is 27.6 Å². The van der Waals surface area contributed by atoms with Gasteiger partial charge in [-0.15, -0.1) is 0 Å². The zero-order valence-corrected chi connectivity index (χ0v) is 36.3. The van der Waals surface area contributed by atoms with Crippen molar-refractivity contribution >= 4 is 71.8 Å². The summed E-state index contributed by atoms with van der Waals surface area (Å²) in [5, 5.41) is 7.04. The number of halogens is 3. The topological polar surface area (TPSA) is 77.3 Å². The summed E-state index contributed by atoms with van der Waals surface area (Å²) in [7, 11) is -1.00. The van der Waals surface area contributed by atoms with E-state index in [2.05, 4.69) is 113 Å². The van der Waals surface area contributed by atoms with Crippen molar-refractivity contribution in [2.75, 3.05) is 12.5 Å². The molecule has 1 saturated heterocycles. The molecule has 1 atom stereocenters. The number of hydrogen-bond acceptors (Lipinski definition) is 4. The molecule has 0 saturated carbocycles. The second-order valence-corrected chi connectivity index (χ2v) is 12.5. The van der Waals surface area contributed by atoms with Gasteiger partial charge < -0.3 is 20.2 Å². The Balaban J connectivity index is -0.000000144. The van der Waals surface area contributed by atoms with Crippen molar-refractivity contribution in [3.63, 3.8) is 0 Å². The van der Waals surface area contributed by atoms with Gasteiger partial charge in [0.25, 0.3) is 0 Å². The summed E-state index contributed by atoms with van der Waals surface area (Å²) in [6.07, 6.45) is 9.73. The fourth-order valence-corrected chi connectivity index (χ4v) is 4.01. The normalized spacial score (nSPS) is 13.9. The quantitative estimate of drug-likeness (QED) is 0.0375. The predicted molar refractivity (Wildman–Crippen MR) is 202 cm³/mol. The maximum absolute atomic E-state index is 10.9. The van der Waals surface area contributed by atoms with E-state index >= 15 is 0 Å². The second-order valence-electron chi connectivity index (χ2n) is 10.1. The first-order valence-electron chi connectivity index (χ1n) is 14.6. The first-order valence-corrected chi connectivity index (χ1v) is 16.8. The van der Waals surface area contributed by atoms with E-state index in [1.807, 2.05) is 42.9 Å². The van der Waals surface area contributed by atoms with Crippen LogP contribution in [0.3, 0.4) is 0 Å². The molecule has 2 heterocycles. The van der Waals surface area contributed by atoms with Gasteiger partial charge in [0.2, 0.25) is 5.91 Å². The molecule has 0 spiro atoms. The molecule has 0 aromatic heterocycles. The minimum Gasteiger partial charge on any atom is -0.587 e. The molecule has 2 aliphatic heterocycles. The van der Waals surface area contributed by atoms with Crippen LogP contribution in [0, 0.1) is 12.3 Å².